The molecule has 0 radical (unpaired) electrons. The number of carbonyl (C=O) groups is 1. The first-order valence-corrected chi connectivity index (χ1v) is 11.2. The summed E-state index contributed by atoms with van der Waals surface area (Å²) in [5.41, 5.74) is 8.40. The monoisotopic (exact) mass is 414 g/mol. The molecule has 0 bridgehead atoms. The third-order valence-corrected chi connectivity index (χ3v) is 6.40. The number of fused-ring (bicyclic) bond motifs is 2. The van der Waals surface area contributed by atoms with E-state index in [1.54, 1.807) is 0 Å². The van der Waals surface area contributed by atoms with Gasteiger partial charge in [-0.2, -0.15) is 0 Å². The molecule has 4 rings (SSSR count). The Labute approximate surface area is 178 Å². The van der Waals surface area contributed by atoms with Crippen LogP contribution in [-0.2, 0) is 17.7 Å². The van der Waals surface area contributed by atoms with Gasteiger partial charge in [0.2, 0.25) is 0 Å². The van der Waals surface area contributed by atoms with E-state index in [2.05, 4.69) is 18.4 Å². The highest BCUT2D eigenvalue weighted by molar-refractivity contribution is 5.97. The van der Waals surface area contributed by atoms with E-state index in [-0.39, 0.29) is 30.6 Å². The van der Waals surface area contributed by atoms with Crippen LogP contribution >= 0.6 is 0 Å². The Morgan fingerprint density at radius 3 is 2.93 bits per heavy atom. The number of nitrogens with zero attached hydrogens (tertiary/aromatic N) is 3. The fraction of sp³-hybridized carbons (Fsp3) is 0.652. The first kappa shape index (κ1) is 21.3. The Morgan fingerprint density at radius 1 is 1.37 bits per heavy atom. The maximum Gasteiger partial charge on any atom is 0.254 e. The highest BCUT2D eigenvalue weighted by atomic mass is 16.5. The van der Waals surface area contributed by atoms with Crippen molar-refractivity contribution in [3.63, 3.8) is 0 Å². The Morgan fingerprint density at radius 2 is 2.20 bits per heavy atom. The number of rotatable bonds is 7. The topological polar surface area (TPSA) is 93.6 Å². The van der Waals surface area contributed by atoms with Crippen molar-refractivity contribution in [2.24, 2.45) is 17.6 Å². The van der Waals surface area contributed by atoms with Gasteiger partial charge in [-0.05, 0) is 55.8 Å². The van der Waals surface area contributed by atoms with Crippen molar-refractivity contribution < 1.29 is 14.6 Å². The summed E-state index contributed by atoms with van der Waals surface area (Å²) in [6, 6.07) is 5.91. The lowest BCUT2D eigenvalue weighted by molar-refractivity contribution is -0.0448. The minimum absolute atomic E-state index is 0.0382. The van der Waals surface area contributed by atoms with Gasteiger partial charge in [0, 0.05) is 31.7 Å². The smallest absolute Gasteiger partial charge is 0.254 e. The van der Waals surface area contributed by atoms with Crippen LogP contribution in [0.4, 0.5) is 0 Å². The van der Waals surface area contributed by atoms with Gasteiger partial charge >= 0.3 is 0 Å². The second kappa shape index (κ2) is 9.04. The van der Waals surface area contributed by atoms with E-state index in [0.717, 1.165) is 49.1 Å². The number of aliphatic hydroxyl groups is 1. The summed E-state index contributed by atoms with van der Waals surface area (Å²) >= 11 is 0. The molecule has 0 spiro atoms. The molecule has 7 nitrogen and oxygen atoms in total. The zero-order valence-corrected chi connectivity index (χ0v) is 18.1. The quantitative estimate of drug-likeness (QED) is 0.724. The maximum absolute atomic E-state index is 13.4. The van der Waals surface area contributed by atoms with Gasteiger partial charge in [0.15, 0.2) is 0 Å². The number of hydrogen-bond acceptors (Lipinski definition) is 5. The number of benzene rings is 1. The lowest BCUT2D eigenvalue weighted by atomic mass is 10.1. The lowest BCUT2D eigenvalue weighted by Gasteiger charge is -2.37. The van der Waals surface area contributed by atoms with Crippen LogP contribution in [0.5, 0.6) is 0 Å². The van der Waals surface area contributed by atoms with Gasteiger partial charge in [0.05, 0.1) is 29.8 Å². The number of ether oxygens (including phenoxy) is 1. The molecule has 1 saturated heterocycles. The third-order valence-electron chi connectivity index (χ3n) is 6.40. The predicted molar refractivity (Wildman–Crippen MR) is 116 cm³/mol. The van der Waals surface area contributed by atoms with Gasteiger partial charge in [-0.25, -0.2) is 4.98 Å². The van der Waals surface area contributed by atoms with E-state index in [1.165, 1.54) is 0 Å². The molecule has 1 aliphatic heterocycles. The number of amides is 1. The summed E-state index contributed by atoms with van der Waals surface area (Å²) in [5, 5.41) is 9.56. The van der Waals surface area contributed by atoms with E-state index in [0.29, 0.717) is 31.2 Å². The van der Waals surface area contributed by atoms with Crippen LogP contribution in [0, 0.1) is 11.8 Å². The van der Waals surface area contributed by atoms with Crippen molar-refractivity contribution >= 4 is 16.9 Å². The summed E-state index contributed by atoms with van der Waals surface area (Å²) in [6.07, 6.45) is 3.45. The molecule has 3 N–H and O–H groups in total. The van der Waals surface area contributed by atoms with Gasteiger partial charge < -0.3 is 25.0 Å². The zero-order valence-electron chi connectivity index (χ0n) is 18.1. The molecule has 7 heteroatoms. The number of morpholine rings is 1. The third kappa shape index (κ3) is 4.11. The maximum atomic E-state index is 13.4. The van der Waals surface area contributed by atoms with Gasteiger partial charge in [0.1, 0.15) is 5.82 Å². The Bertz CT molecular complexity index is 894. The second-order valence-electron chi connectivity index (χ2n) is 9.12. The largest absolute Gasteiger partial charge is 0.396 e. The van der Waals surface area contributed by atoms with Crippen LogP contribution in [0.3, 0.4) is 0 Å². The highest BCUT2D eigenvalue weighted by Crippen LogP contribution is 2.35. The molecule has 2 aliphatic rings. The Hall–Kier alpha value is -1.96. The van der Waals surface area contributed by atoms with E-state index in [4.69, 9.17) is 15.5 Å². The number of aryl methyl sites for hydroxylation is 1. The Balaban J connectivity index is 1.64. The average molecular weight is 415 g/mol. The van der Waals surface area contributed by atoms with Crippen LogP contribution in [-0.4, -0.2) is 63.9 Å². The molecule has 1 amide bonds. The molecule has 2 fully saturated rings. The number of hydrogen-bond donors (Lipinski definition) is 2. The van der Waals surface area contributed by atoms with Gasteiger partial charge in [-0.15, -0.1) is 0 Å². The van der Waals surface area contributed by atoms with Crippen molar-refractivity contribution in [3.8, 4) is 0 Å². The molecule has 1 aromatic heterocycles. The zero-order chi connectivity index (χ0) is 21.3. The minimum atomic E-state index is 0.0382. The molecule has 30 heavy (non-hydrogen) atoms. The fourth-order valence-corrected chi connectivity index (χ4v) is 4.94. The summed E-state index contributed by atoms with van der Waals surface area (Å²) in [5.74, 6) is 1.83. The number of carbonyl (C=O) groups excluding carboxylic acids is 1. The number of aromatic nitrogens is 2. The van der Waals surface area contributed by atoms with Crippen LogP contribution in [0.2, 0.25) is 0 Å². The number of nitrogens with two attached hydrogens (primary N) is 1. The first-order valence-electron chi connectivity index (χ1n) is 11.2. The average Bonchev–Trinajstić information content (AvgIpc) is 3.31. The second-order valence-corrected chi connectivity index (χ2v) is 9.12. The summed E-state index contributed by atoms with van der Waals surface area (Å²) < 4.78 is 8.13. The first-order chi connectivity index (χ1) is 14.5. The summed E-state index contributed by atoms with van der Waals surface area (Å²) in [4.78, 5) is 20.3. The highest BCUT2D eigenvalue weighted by Gasteiger charge is 2.42. The normalized spacial score (nSPS) is 24.0. The predicted octanol–water partition coefficient (Wildman–Crippen LogP) is 2.20. The molecule has 1 saturated carbocycles. The van der Waals surface area contributed by atoms with Crippen molar-refractivity contribution in [1.29, 1.82) is 0 Å². The number of aliphatic hydroxyl groups excluding tert-OH is 1. The van der Waals surface area contributed by atoms with Gasteiger partial charge in [0.25, 0.3) is 5.91 Å². The summed E-state index contributed by atoms with van der Waals surface area (Å²) in [6.45, 7) is 7.13. The Kier molecular flexibility index (Phi) is 6.41. The van der Waals surface area contributed by atoms with E-state index < -0.39 is 0 Å². The standard InChI is InChI=1S/C23H34N4O3/c1-15(2)10-22-25-18-5-4-17(13-19(18)26(22)7-3-6-24)23(29)27-8-9-30-21-12-16(14-28)11-20(21)27/h4-5,13,15-16,20-21,28H,3,6-12,14,24H2,1-2H3/t16-,20+,21?/m1/s1. The molecule has 2 heterocycles. The lowest BCUT2D eigenvalue weighted by Crippen LogP contribution is -2.51. The molecule has 1 unspecified atom stereocenters. The number of imidazole rings is 1. The molecular weight excluding hydrogens is 380 g/mol. The fourth-order valence-electron chi connectivity index (χ4n) is 4.94. The molecule has 3 atom stereocenters. The van der Waals surface area contributed by atoms with Crippen LogP contribution in [0.1, 0.15) is 49.3 Å². The SMILES string of the molecule is CC(C)Cc1nc2ccc(C(=O)N3CCOC4C[C@H](CO)C[C@@H]43)cc2n1CCCN. The van der Waals surface area contributed by atoms with Crippen LogP contribution < -0.4 is 5.73 Å². The van der Waals surface area contributed by atoms with Gasteiger partial charge in [-0.3, -0.25) is 4.79 Å². The van der Waals surface area contributed by atoms with E-state index >= 15 is 0 Å². The van der Waals surface area contributed by atoms with Gasteiger partial charge in [-0.1, -0.05) is 13.8 Å². The van der Waals surface area contributed by atoms with E-state index in [9.17, 15) is 9.90 Å². The molecule has 1 aromatic carbocycles. The van der Waals surface area contributed by atoms with Crippen molar-refractivity contribution in [1.82, 2.24) is 14.5 Å². The van der Waals surface area contributed by atoms with Crippen LogP contribution in [0.25, 0.3) is 11.0 Å². The van der Waals surface area contributed by atoms with E-state index in [1.807, 2.05) is 23.1 Å². The van der Waals surface area contributed by atoms with Crippen molar-refractivity contribution in [2.45, 2.75) is 58.2 Å². The minimum Gasteiger partial charge on any atom is -0.396 e. The molecule has 1 aliphatic carbocycles. The van der Waals surface area contributed by atoms with Crippen molar-refractivity contribution in [3.05, 3.63) is 29.6 Å². The summed E-state index contributed by atoms with van der Waals surface area (Å²) in [7, 11) is 0. The molecule has 2 aromatic rings. The molecule has 164 valence electrons. The molecular formula is C23H34N4O3. The van der Waals surface area contributed by atoms with Crippen LogP contribution in [0.15, 0.2) is 18.2 Å². The van der Waals surface area contributed by atoms with Crippen molar-refractivity contribution in [2.75, 3.05) is 26.3 Å².